The maximum absolute atomic E-state index is 11.4. The Kier molecular flexibility index (Phi) is 4.18. The van der Waals surface area contributed by atoms with Crippen molar-refractivity contribution in [2.45, 2.75) is 38.3 Å². The van der Waals surface area contributed by atoms with E-state index in [2.05, 4.69) is 10.6 Å². The maximum Gasteiger partial charge on any atom is 0.237 e. The molecule has 0 spiro atoms. The van der Waals surface area contributed by atoms with Crippen LogP contribution in [0.3, 0.4) is 0 Å². The number of carbonyl (C=O) groups is 1. The van der Waals surface area contributed by atoms with Gasteiger partial charge >= 0.3 is 0 Å². The number of rotatable bonds is 4. The van der Waals surface area contributed by atoms with Crippen molar-refractivity contribution in [3.8, 4) is 0 Å². The number of hydrogen-bond acceptors (Lipinski definition) is 3. The lowest BCUT2D eigenvalue weighted by atomic mass is 10.2. The lowest BCUT2D eigenvalue weighted by Gasteiger charge is -2.13. The van der Waals surface area contributed by atoms with Crippen LogP contribution in [-0.4, -0.2) is 36.2 Å². The Morgan fingerprint density at radius 2 is 2.54 bits per heavy atom. The van der Waals surface area contributed by atoms with E-state index in [0.29, 0.717) is 13.0 Å². The van der Waals surface area contributed by atoms with Crippen LogP contribution in [0, 0.1) is 0 Å². The van der Waals surface area contributed by atoms with Gasteiger partial charge in [0.25, 0.3) is 0 Å². The molecule has 0 aromatic rings. The van der Waals surface area contributed by atoms with Gasteiger partial charge in [0.1, 0.15) is 0 Å². The number of nitrogens with one attached hydrogen (secondary N) is 2. The average Bonchev–Trinajstić information content (AvgIpc) is 2.66. The first-order valence-corrected chi connectivity index (χ1v) is 4.93. The van der Waals surface area contributed by atoms with Gasteiger partial charge in [-0.3, -0.25) is 4.79 Å². The van der Waals surface area contributed by atoms with Crippen molar-refractivity contribution in [1.29, 1.82) is 0 Å². The van der Waals surface area contributed by atoms with E-state index in [1.807, 2.05) is 6.92 Å². The Morgan fingerprint density at radius 1 is 1.77 bits per heavy atom. The predicted molar refractivity (Wildman–Crippen MR) is 50.3 cm³/mol. The minimum absolute atomic E-state index is 0.0185. The first kappa shape index (κ1) is 10.5. The van der Waals surface area contributed by atoms with Gasteiger partial charge in [-0.25, -0.2) is 0 Å². The molecule has 0 saturated carbocycles. The van der Waals surface area contributed by atoms with Gasteiger partial charge in [-0.05, 0) is 25.8 Å². The molecule has 1 saturated heterocycles. The van der Waals surface area contributed by atoms with Crippen molar-refractivity contribution in [2.24, 2.45) is 0 Å². The van der Waals surface area contributed by atoms with E-state index in [1.165, 1.54) is 0 Å². The topological polar surface area (TPSA) is 61.4 Å². The minimum Gasteiger partial charge on any atom is -0.391 e. The number of aliphatic hydroxyl groups excluding tert-OH is 1. The van der Waals surface area contributed by atoms with Crippen LogP contribution in [0.25, 0.3) is 0 Å². The summed E-state index contributed by atoms with van der Waals surface area (Å²) in [5.41, 5.74) is 0. The first-order valence-electron chi connectivity index (χ1n) is 4.93. The summed E-state index contributed by atoms with van der Waals surface area (Å²) in [6.45, 7) is 3.19. The van der Waals surface area contributed by atoms with Gasteiger partial charge in [-0.2, -0.15) is 0 Å². The van der Waals surface area contributed by atoms with E-state index in [1.54, 1.807) is 0 Å². The Bertz CT molecular complexity index is 167. The third kappa shape index (κ3) is 3.32. The normalized spacial score (nSPS) is 24.3. The predicted octanol–water partition coefficient (Wildman–Crippen LogP) is -0.374. The Hall–Kier alpha value is -0.610. The number of aliphatic hydroxyl groups is 1. The van der Waals surface area contributed by atoms with Gasteiger partial charge < -0.3 is 15.7 Å². The van der Waals surface area contributed by atoms with E-state index in [4.69, 9.17) is 0 Å². The molecule has 4 heteroatoms. The average molecular weight is 186 g/mol. The zero-order chi connectivity index (χ0) is 9.68. The van der Waals surface area contributed by atoms with Crippen LogP contribution in [0.2, 0.25) is 0 Å². The van der Waals surface area contributed by atoms with E-state index in [0.717, 1.165) is 19.4 Å². The molecule has 2 atom stereocenters. The largest absolute Gasteiger partial charge is 0.391 e. The van der Waals surface area contributed by atoms with Crippen LogP contribution in [0.15, 0.2) is 0 Å². The van der Waals surface area contributed by atoms with Crippen molar-refractivity contribution in [3.05, 3.63) is 0 Å². The summed E-state index contributed by atoms with van der Waals surface area (Å²) >= 11 is 0. The Morgan fingerprint density at radius 3 is 3.08 bits per heavy atom. The van der Waals surface area contributed by atoms with Crippen LogP contribution in [0.4, 0.5) is 0 Å². The third-order valence-corrected chi connectivity index (χ3v) is 2.36. The highest BCUT2D eigenvalue weighted by Gasteiger charge is 2.21. The summed E-state index contributed by atoms with van der Waals surface area (Å²) < 4.78 is 0. The number of carbonyl (C=O) groups excluding carboxylic acids is 1. The van der Waals surface area contributed by atoms with Crippen molar-refractivity contribution in [2.75, 3.05) is 13.1 Å². The molecule has 0 radical (unpaired) electrons. The molecule has 4 nitrogen and oxygen atoms in total. The summed E-state index contributed by atoms with van der Waals surface area (Å²) in [7, 11) is 0. The van der Waals surface area contributed by atoms with Gasteiger partial charge in [0.2, 0.25) is 5.91 Å². The van der Waals surface area contributed by atoms with Crippen molar-refractivity contribution in [3.63, 3.8) is 0 Å². The summed E-state index contributed by atoms with van der Waals surface area (Å²) in [6.07, 6.45) is 2.24. The summed E-state index contributed by atoms with van der Waals surface area (Å²) in [5.74, 6) is 0.0185. The molecule has 13 heavy (non-hydrogen) atoms. The van der Waals surface area contributed by atoms with Gasteiger partial charge in [0, 0.05) is 6.54 Å². The second kappa shape index (κ2) is 5.19. The zero-order valence-electron chi connectivity index (χ0n) is 8.05. The SMILES string of the molecule is CCC(O)CNC(=O)[C@H]1CCCN1. The van der Waals surface area contributed by atoms with E-state index < -0.39 is 6.10 Å². The second-order valence-corrected chi connectivity index (χ2v) is 3.46. The number of amides is 1. The standard InChI is InChI=1S/C9H18N2O2/c1-2-7(12)6-11-9(13)8-4-3-5-10-8/h7-8,10,12H,2-6H2,1H3,(H,11,13)/t7?,8-/m1/s1. The lowest BCUT2D eigenvalue weighted by Crippen LogP contribution is -2.43. The van der Waals surface area contributed by atoms with Crippen molar-refractivity contribution >= 4 is 5.91 Å². The van der Waals surface area contributed by atoms with Crippen molar-refractivity contribution < 1.29 is 9.90 Å². The summed E-state index contributed by atoms with van der Waals surface area (Å²) in [6, 6.07) is -0.0379. The van der Waals surface area contributed by atoms with Gasteiger partial charge in [0.15, 0.2) is 0 Å². The molecule has 0 aliphatic carbocycles. The molecule has 3 N–H and O–H groups in total. The highest BCUT2D eigenvalue weighted by atomic mass is 16.3. The molecule has 1 unspecified atom stereocenters. The molecule has 1 heterocycles. The third-order valence-electron chi connectivity index (χ3n) is 2.36. The van der Waals surface area contributed by atoms with Crippen LogP contribution < -0.4 is 10.6 Å². The fraction of sp³-hybridized carbons (Fsp3) is 0.889. The molecular formula is C9H18N2O2. The molecule has 0 aromatic heterocycles. The molecule has 0 aromatic carbocycles. The highest BCUT2D eigenvalue weighted by molar-refractivity contribution is 5.81. The lowest BCUT2D eigenvalue weighted by molar-refractivity contribution is -0.123. The molecule has 76 valence electrons. The molecular weight excluding hydrogens is 168 g/mol. The molecule has 1 aliphatic heterocycles. The summed E-state index contributed by atoms with van der Waals surface area (Å²) in [4.78, 5) is 11.4. The second-order valence-electron chi connectivity index (χ2n) is 3.46. The molecule has 0 bridgehead atoms. The first-order chi connectivity index (χ1) is 6.24. The fourth-order valence-electron chi connectivity index (χ4n) is 1.39. The Balaban J connectivity index is 2.16. The zero-order valence-corrected chi connectivity index (χ0v) is 8.05. The molecule has 1 aliphatic rings. The Labute approximate surface area is 78.7 Å². The smallest absolute Gasteiger partial charge is 0.237 e. The minimum atomic E-state index is -0.412. The monoisotopic (exact) mass is 186 g/mol. The van der Waals surface area contributed by atoms with E-state index in [9.17, 15) is 9.90 Å². The summed E-state index contributed by atoms with van der Waals surface area (Å²) in [5, 5.41) is 15.0. The number of hydrogen-bond donors (Lipinski definition) is 3. The quantitative estimate of drug-likeness (QED) is 0.561. The van der Waals surface area contributed by atoms with Gasteiger partial charge in [0.05, 0.1) is 12.1 Å². The van der Waals surface area contributed by atoms with E-state index >= 15 is 0 Å². The van der Waals surface area contributed by atoms with Gasteiger partial charge in [-0.1, -0.05) is 6.92 Å². The van der Waals surface area contributed by atoms with Crippen LogP contribution in [-0.2, 0) is 4.79 Å². The highest BCUT2D eigenvalue weighted by Crippen LogP contribution is 2.04. The van der Waals surface area contributed by atoms with Crippen LogP contribution >= 0.6 is 0 Å². The van der Waals surface area contributed by atoms with E-state index in [-0.39, 0.29) is 11.9 Å². The van der Waals surface area contributed by atoms with Crippen molar-refractivity contribution in [1.82, 2.24) is 10.6 Å². The molecule has 1 rings (SSSR count). The fourth-order valence-corrected chi connectivity index (χ4v) is 1.39. The molecule has 1 amide bonds. The van der Waals surface area contributed by atoms with Gasteiger partial charge in [-0.15, -0.1) is 0 Å². The maximum atomic E-state index is 11.4. The van der Waals surface area contributed by atoms with Crippen LogP contribution in [0.1, 0.15) is 26.2 Å². The molecule has 1 fully saturated rings. The van der Waals surface area contributed by atoms with Crippen LogP contribution in [0.5, 0.6) is 0 Å².